The fraction of sp³-hybridized carbons (Fsp3) is 0.632. The van der Waals surface area contributed by atoms with Gasteiger partial charge in [-0.3, -0.25) is 4.99 Å². The Kier molecular flexibility index (Phi) is 7.43. The lowest BCUT2D eigenvalue weighted by Crippen LogP contribution is -2.48. The molecule has 24 heavy (non-hydrogen) atoms. The van der Waals surface area contributed by atoms with Gasteiger partial charge in [0, 0.05) is 38.1 Å². The Morgan fingerprint density at radius 3 is 2.50 bits per heavy atom. The van der Waals surface area contributed by atoms with Crippen LogP contribution in [-0.2, 0) is 4.74 Å². The SMILES string of the molecule is CN=C(NCC(C)c1ccc(C)cc1)NCC1(SC)CCOCC1. The third-order valence-corrected chi connectivity index (χ3v) is 6.28. The van der Waals surface area contributed by atoms with Crippen LogP contribution in [0.25, 0.3) is 0 Å². The van der Waals surface area contributed by atoms with Gasteiger partial charge in [0.05, 0.1) is 0 Å². The molecular weight excluding hydrogens is 318 g/mol. The van der Waals surface area contributed by atoms with E-state index in [1.54, 1.807) is 0 Å². The molecule has 2 N–H and O–H groups in total. The molecule has 2 rings (SSSR count). The maximum atomic E-state index is 5.51. The molecule has 1 aromatic rings. The molecule has 0 radical (unpaired) electrons. The highest BCUT2D eigenvalue weighted by atomic mass is 32.2. The summed E-state index contributed by atoms with van der Waals surface area (Å²) in [6, 6.07) is 8.77. The van der Waals surface area contributed by atoms with Crippen molar-refractivity contribution in [1.29, 1.82) is 0 Å². The Morgan fingerprint density at radius 1 is 1.25 bits per heavy atom. The highest BCUT2D eigenvalue weighted by Gasteiger charge is 2.31. The topological polar surface area (TPSA) is 45.7 Å². The standard InChI is InChI=1S/C19H31N3OS/c1-15-5-7-17(8-6-15)16(2)13-21-18(20-3)22-14-19(24-4)9-11-23-12-10-19/h5-8,16H,9-14H2,1-4H3,(H2,20,21,22). The molecule has 1 unspecified atom stereocenters. The first kappa shape index (κ1) is 19.1. The zero-order valence-electron chi connectivity index (χ0n) is 15.4. The van der Waals surface area contributed by atoms with Gasteiger partial charge in [0.2, 0.25) is 0 Å². The second-order valence-electron chi connectivity index (χ2n) is 6.62. The lowest BCUT2D eigenvalue weighted by molar-refractivity contribution is 0.0783. The fourth-order valence-electron chi connectivity index (χ4n) is 2.92. The number of nitrogens with zero attached hydrogens (tertiary/aromatic N) is 1. The highest BCUT2D eigenvalue weighted by molar-refractivity contribution is 8.00. The third kappa shape index (κ3) is 5.42. The van der Waals surface area contributed by atoms with Gasteiger partial charge in [-0.25, -0.2) is 0 Å². The van der Waals surface area contributed by atoms with E-state index in [1.165, 1.54) is 11.1 Å². The zero-order valence-corrected chi connectivity index (χ0v) is 16.2. The number of nitrogens with one attached hydrogen (secondary N) is 2. The maximum Gasteiger partial charge on any atom is 0.191 e. The number of aryl methyl sites for hydroxylation is 1. The second kappa shape index (κ2) is 9.33. The average molecular weight is 350 g/mol. The van der Waals surface area contributed by atoms with E-state index in [-0.39, 0.29) is 4.75 Å². The monoisotopic (exact) mass is 349 g/mol. The summed E-state index contributed by atoms with van der Waals surface area (Å²) in [6.45, 7) is 7.88. The molecule has 1 aliphatic rings. The summed E-state index contributed by atoms with van der Waals surface area (Å²) in [4.78, 5) is 4.37. The van der Waals surface area contributed by atoms with Crippen LogP contribution in [0.2, 0.25) is 0 Å². The molecule has 134 valence electrons. The third-order valence-electron chi connectivity index (χ3n) is 4.86. The summed E-state index contributed by atoms with van der Waals surface area (Å²) >= 11 is 1.94. The average Bonchev–Trinajstić information content (AvgIpc) is 2.63. The van der Waals surface area contributed by atoms with Crippen molar-refractivity contribution in [1.82, 2.24) is 10.6 Å². The van der Waals surface area contributed by atoms with Gasteiger partial charge in [-0.15, -0.1) is 0 Å². The molecule has 0 aromatic heterocycles. The fourth-order valence-corrected chi connectivity index (χ4v) is 3.72. The molecule has 0 bridgehead atoms. The van der Waals surface area contributed by atoms with Gasteiger partial charge in [0.25, 0.3) is 0 Å². The quantitative estimate of drug-likeness (QED) is 0.612. The van der Waals surface area contributed by atoms with Crippen molar-refractivity contribution in [2.45, 2.75) is 37.4 Å². The highest BCUT2D eigenvalue weighted by Crippen LogP contribution is 2.32. The van der Waals surface area contributed by atoms with Crippen LogP contribution in [0.15, 0.2) is 29.3 Å². The van der Waals surface area contributed by atoms with Crippen LogP contribution in [-0.4, -0.2) is 50.3 Å². The van der Waals surface area contributed by atoms with E-state index in [4.69, 9.17) is 4.74 Å². The summed E-state index contributed by atoms with van der Waals surface area (Å²) in [5.74, 6) is 1.33. The molecule has 1 saturated heterocycles. The van der Waals surface area contributed by atoms with Crippen LogP contribution in [0, 0.1) is 6.92 Å². The van der Waals surface area contributed by atoms with Gasteiger partial charge < -0.3 is 15.4 Å². The number of benzene rings is 1. The molecule has 0 amide bonds. The smallest absolute Gasteiger partial charge is 0.191 e. The lowest BCUT2D eigenvalue weighted by atomic mass is 9.99. The molecule has 1 aromatic carbocycles. The molecular formula is C19H31N3OS. The Morgan fingerprint density at radius 2 is 1.92 bits per heavy atom. The van der Waals surface area contributed by atoms with Gasteiger partial charge >= 0.3 is 0 Å². The Bertz CT molecular complexity index is 524. The van der Waals surface area contributed by atoms with Crippen molar-refractivity contribution < 1.29 is 4.74 Å². The number of ether oxygens (including phenoxy) is 1. The van der Waals surface area contributed by atoms with Crippen LogP contribution in [0.1, 0.15) is 36.8 Å². The predicted octanol–water partition coefficient (Wildman–Crippen LogP) is 3.18. The predicted molar refractivity (Wildman–Crippen MR) is 105 cm³/mol. The summed E-state index contributed by atoms with van der Waals surface area (Å²) < 4.78 is 5.77. The zero-order chi connectivity index (χ0) is 17.4. The van der Waals surface area contributed by atoms with Gasteiger partial charge in [-0.2, -0.15) is 11.8 Å². The molecule has 4 nitrogen and oxygen atoms in total. The van der Waals surface area contributed by atoms with Crippen molar-refractivity contribution >= 4 is 17.7 Å². The number of hydrogen-bond acceptors (Lipinski definition) is 3. The van der Waals surface area contributed by atoms with Crippen molar-refractivity contribution in [2.24, 2.45) is 4.99 Å². The van der Waals surface area contributed by atoms with Crippen molar-refractivity contribution in [3.05, 3.63) is 35.4 Å². The molecule has 0 saturated carbocycles. The van der Waals surface area contributed by atoms with Crippen molar-refractivity contribution in [2.75, 3.05) is 39.6 Å². The molecule has 1 heterocycles. The van der Waals surface area contributed by atoms with E-state index >= 15 is 0 Å². The van der Waals surface area contributed by atoms with Crippen LogP contribution in [0.4, 0.5) is 0 Å². The summed E-state index contributed by atoms with van der Waals surface area (Å²) in [5, 5.41) is 6.97. The van der Waals surface area contributed by atoms with Gasteiger partial charge in [0.1, 0.15) is 0 Å². The summed E-state index contributed by atoms with van der Waals surface area (Å²) in [6.07, 6.45) is 4.39. The van der Waals surface area contributed by atoms with Crippen molar-refractivity contribution in [3.8, 4) is 0 Å². The van der Waals surface area contributed by atoms with Gasteiger partial charge in [-0.05, 0) is 37.5 Å². The van der Waals surface area contributed by atoms with E-state index in [1.807, 2.05) is 18.8 Å². The number of rotatable bonds is 6. The van der Waals surface area contributed by atoms with Crippen LogP contribution < -0.4 is 10.6 Å². The normalized spacial score (nSPS) is 18.9. The van der Waals surface area contributed by atoms with E-state index in [0.29, 0.717) is 5.92 Å². The van der Waals surface area contributed by atoms with Crippen molar-refractivity contribution in [3.63, 3.8) is 0 Å². The Hall–Kier alpha value is -1.20. The minimum absolute atomic E-state index is 0.262. The molecule has 1 atom stereocenters. The minimum Gasteiger partial charge on any atom is -0.381 e. The molecule has 5 heteroatoms. The Balaban J connectivity index is 1.82. The molecule has 0 spiro atoms. The van der Waals surface area contributed by atoms with Crippen LogP contribution in [0.5, 0.6) is 0 Å². The largest absolute Gasteiger partial charge is 0.381 e. The van der Waals surface area contributed by atoms with E-state index in [2.05, 4.69) is 60.0 Å². The first-order valence-electron chi connectivity index (χ1n) is 8.72. The van der Waals surface area contributed by atoms with E-state index in [0.717, 1.165) is 45.1 Å². The molecule has 1 fully saturated rings. The first-order chi connectivity index (χ1) is 11.6. The Labute approximate surface area is 150 Å². The maximum absolute atomic E-state index is 5.51. The van der Waals surface area contributed by atoms with E-state index in [9.17, 15) is 0 Å². The van der Waals surface area contributed by atoms with Crippen LogP contribution in [0.3, 0.4) is 0 Å². The number of aliphatic imine (C=N–C) groups is 1. The number of guanidine groups is 1. The number of hydrogen-bond donors (Lipinski definition) is 2. The first-order valence-corrected chi connectivity index (χ1v) is 9.95. The van der Waals surface area contributed by atoms with Gasteiger partial charge in [-0.1, -0.05) is 36.8 Å². The summed E-state index contributed by atoms with van der Waals surface area (Å²) in [5.41, 5.74) is 2.66. The van der Waals surface area contributed by atoms with E-state index < -0.39 is 0 Å². The molecule has 1 aliphatic heterocycles. The summed E-state index contributed by atoms with van der Waals surface area (Å²) in [7, 11) is 1.83. The number of thioether (sulfide) groups is 1. The second-order valence-corrected chi connectivity index (χ2v) is 7.89. The van der Waals surface area contributed by atoms with Crippen LogP contribution >= 0.6 is 11.8 Å². The molecule has 0 aliphatic carbocycles. The lowest BCUT2D eigenvalue weighted by Gasteiger charge is -2.36. The van der Waals surface area contributed by atoms with Gasteiger partial charge in [0.15, 0.2) is 5.96 Å². The minimum atomic E-state index is 0.262.